The van der Waals surface area contributed by atoms with Crippen LogP contribution >= 0.6 is 15.6 Å². The fraction of sp³-hybridized carbons (Fsp3) is 0.919. The second-order valence-corrected chi connectivity index (χ2v) is 19.7. The van der Waals surface area contributed by atoms with Crippen molar-refractivity contribution in [1.82, 2.24) is 14.7 Å². The van der Waals surface area contributed by atoms with Gasteiger partial charge in [-0.25, -0.2) is 9.13 Å². The third-order valence-corrected chi connectivity index (χ3v) is 13.1. The van der Waals surface area contributed by atoms with Crippen molar-refractivity contribution in [3.05, 3.63) is 0 Å². The van der Waals surface area contributed by atoms with Gasteiger partial charge in [-0.15, -0.1) is 0 Å². The Hall–Kier alpha value is -1.41. The Bertz CT molecular complexity index is 1340. The predicted octanol–water partition coefficient (Wildman–Crippen LogP) is 6.21. The van der Waals surface area contributed by atoms with Crippen LogP contribution in [0.2, 0.25) is 0 Å². The lowest BCUT2D eigenvalue weighted by atomic mass is 9.86. The number of ether oxygens (including phenoxy) is 1. The third-order valence-electron chi connectivity index (χ3n) is 11.0. The first-order valence-electron chi connectivity index (χ1n) is 20.2. The number of hydrogen-bond donors (Lipinski definition) is 2. The molecule has 0 spiro atoms. The minimum Gasteiger partial charge on any atom is -0.376 e. The van der Waals surface area contributed by atoms with Gasteiger partial charge in [0.05, 0.1) is 56.3 Å². The van der Waals surface area contributed by atoms with E-state index in [1.165, 1.54) is 11.3 Å². The monoisotopic (exact) mass is 807 g/mol. The molecule has 0 bridgehead atoms. The van der Waals surface area contributed by atoms with Gasteiger partial charge < -0.3 is 29.2 Å². The number of carbonyl (C=O) groups is 3. The summed E-state index contributed by atoms with van der Waals surface area (Å²) in [6.45, 7) is 12.2. The lowest BCUT2D eigenvalue weighted by molar-refractivity contribution is -0.135. The Morgan fingerprint density at radius 2 is 1.17 bits per heavy atom. The van der Waals surface area contributed by atoms with Gasteiger partial charge in [-0.1, -0.05) is 48.0 Å². The summed E-state index contributed by atoms with van der Waals surface area (Å²) < 4.78 is 54.8. The molecule has 3 heterocycles. The lowest BCUT2D eigenvalue weighted by Crippen LogP contribution is -2.40. The van der Waals surface area contributed by atoms with Gasteiger partial charge in [-0.3, -0.25) is 32.5 Å². The number of phosphoric ester groups is 2. The molecular weight excluding hydrogens is 740 g/mol. The molecule has 17 heteroatoms. The summed E-state index contributed by atoms with van der Waals surface area (Å²) in [5.41, 5.74) is -0.368. The van der Waals surface area contributed by atoms with Gasteiger partial charge in [0.1, 0.15) is 0 Å². The third kappa shape index (κ3) is 13.9. The van der Waals surface area contributed by atoms with Crippen molar-refractivity contribution >= 4 is 33.4 Å². The van der Waals surface area contributed by atoms with E-state index < -0.39 is 33.9 Å². The van der Waals surface area contributed by atoms with E-state index in [1.54, 1.807) is 9.80 Å². The second-order valence-electron chi connectivity index (χ2n) is 16.9. The Labute approximate surface area is 322 Å². The first-order chi connectivity index (χ1) is 25.4. The van der Waals surface area contributed by atoms with Crippen molar-refractivity contribution in [2.24, 2.45) is 11.3 Å². The number of hydrogen-bond acceptors (Lipinski definition) is 10. The van der Waals surface area contributed by atoms with Gasteiger partial charge in [0.25, 0.3) is 0 Å². The van der Waals surface area contributed by atoms with E-state index in [-0.39, 0.29) is 80.5 Å². The van der Waals surface area contributed by atoms with Crippen LogP contribution in [-0.2, 0) is 46.3 Å². The van der Waals surface area contributed by atoms with Crippen LogP contribution in [0.15, 0.2) is 0 Å². The smallest absolute Gasteiger partial charge is 0.376 e. The second kappa shape index (κ2) is 20.3. The number of nitrogens with zero attached hydrogens (tertiary/aromatic N) is 3. The van der Waals surface area contributed by atoms with Gasteiger partial charge in [-0.05, 0) is 75.5 Å². The summed E-state index contributed by atoms with van der Waals surface area (Å²) in [7, 11) is -9.26. The molecule has 54 heavy (non-hydrogen) atoms. The molecule has 4 fully saturated rings. The largest absolute Gasteiger partial charge is 0.472 e. The van der Waals surface area contributed by atoms with Crippen LogP contribution in [0.5, 0.6) is 0 Å². The van der Waals surface area contributed by atoms with Crippen molar-refractivity contribution in [3.8, 4) is 0 Å². The molecule has 312 valence electrons. The summed E-state index contributed by atoms with van der Waals surface area (Å²) in [5.74, 6) is 0.404. The molecule has 0 aromatic heterocycles. The molecule has 15 nitrogen and oxygen atoms in total. The molecule has 2 N–H and O–H groups in total. The SMILES string of the molecule is CCCC(=O)N1CCC[C@H]1COP(=O)(O)O[C@@H]1C[C@@H](COP(=O)(O)O[C@@H]2C[C@@H](COC3CCC(CC)CC3)N(C(=O)CCC)C2)N(C(=O)CC(C)(C)C)C1. The first kappa shape index (κ1) is 45.3. The molecule has 0 radical (unpaired) electrons. The maximum Gasteiger partial charge on any atom is 0.472 e. The zero-order valence-electron chi connectivity index (χ0n) is 33.4. The zero-order valence-corrected chi connectivity index (χ0v) is 35.2. The Kier molecular flexibility index (Phi) is 17.1. The minimum absolute atomic E-state index is 0.0158. The molecule has 1 saturated carbocycles. The highest BCUT2D eigenvalue weighted by Gasteiger charge is 2.44. The van der Waals surface area contributed by atoms with Crippen LogP contribution in [-0.4, -0.2) is 118 Å². The Balaban J connectivity index is 1.34. The molecule has 3 aliphatic heterocycles. The van der Waals surface area contributed by atoms with Crippen LogP contribution < -0.4 is 0 Å². The summed E-state index contributed by atoms with van der Waals surface area (Å²) in [6.07, 6.45) is 7.94. The molecule has 3 amide bonds. The summed E-state index contributed by atoms with van der Waals surface area (Å²) in [4.78, 5) is 65.3. The van der Waals surface area contributed by atoms with Gasteiger partial charge in [0.15, 0.2) is 0 Å². The average Bonchev–Trinajstić information content (AvgIpc) is 3.83. The normalized spacial score (nSPS) is 30.1. The van der Waals surface area contributed by atoms with E-state index in [2.05, 4.69) is 6.92 Å². The Morgan fingerprint density at radius 1 is 0.667 bits per heavy atom. The van der Waals surface area contributed by atoms with Gasteiger partial charge in [-0.2, -0.15) is 0 Å². The molecule has 7 atom stereocenters. The fourth-order valence-electron chi connectivity index (χ4n) is 8.19. The molecule has 0 aromatic carbocycles. The Morgan fingerprint density at radius 3 is 1.69 bits per heavy atom. The predicted molar refractivity (Wildman–Crippen MR) is 202 cm³/mol. The van der Waals surface area contributed by atoms with Crippen molar-refractivity contribution in [2.45, 2.75) is 168 Å². The van der Waals surface area contributed by atoms with Gasteiger partial charge in [0, 0.05) is 38.9 Å². The summed E-state index contributed by atoms with van der Waals surface area (Å²) >= 11 is 0. The number of amides is 3. The van der Waals surface area contributed by atoms with Gasteiger partial charge >= 0.3 is 15.6 Å². The van der Waals surface area contributed by atoms with Crippen LogP contribution in [0.3, 0.4) is 0 Å². The van der Waals surface area contributed by atoms with E-state index in [4.69, 9.17) is 22.8 Å². The maximum atomic E-state index is 13.4. The van der Waals surface area contributed by atoms with E-state index >= 15 is 0 Å². The summed E-state index contributed by atoms with van der Waals surface area (Å²) in [5, 5.41) is 0. The van der Waals surface area contributed by atoms with Crippen LogP contribution in [0, 0.1) is 11.3 Å². The van der Waals surface area contributed by atoms with E-state index in [0.717, 1.165) is 38.0 Å². The lowest BCUT2D eigenvalue weighted by Gasteiger charge is -2.30. The topological polar surface area (TPSA) is 182 Å². The molecular formula is C37H67N3O12P2. The van der Waals surface area contributed by atoms with Crippen molar-refractivity contribution in [3.63, 3.8) is 0 Å². The van der Waals surface area contributed by atoms with Gasteiger partial charge in [0.2, 0.25) is 17.7 Å². The average molecular weight is 808 g/mol. The first-order valence-corrected chi connectivity index (χ1v) is 23.2. The highest BCUT2D eigenvalue weighted by Crippen LogP contribution is 2.49. The maximum absolute atomic E-state index is 13.4. The quantitative estimate of drug-likeness (QED) is 0.141. The highest BCUT2D eigenvalue weighted by atomic mass is 31.2. The number of carbonyl (C=O) groups excluding carboxylic acids is 3. The summed E-state index contributed by atoms with van der Waals surface area (Å²) in [6, 6.07) is -1.37. The van der Waals surface area contributed by atoms with E-state index in [9.17, 15) is 33.3 Å². The van der Waals surface area contributed by atoms with E-state index in [1.807, 2.05) is 34.6 Å². The zero-order chi connectivity index (χ0) is 39.7. The van der Waals surface area contributed by atoms with Crippen molar-refractivity contribution in [2.75, 3.05) is 39.5 Å². The minimum atomic E-state index is -4.67. The standard InChI is InChI=1S/C37H67N3O12P2/c1-7-11-34(41)38-18-10-13-28(38)25-49-53(44,45)52-33-20-30(40(23-33)36(43)21-37(4,5)6)26-50-54(46,47)51-32-19-29(39(22-32)35(42)12-8-2)24-48-31-16-14-27(9-3)15-17-31/h27-33H,7-26H2,1-6H3,(H,44,45)(H,46,47)/t27?,28-,29-,30-,31?,32+,33+/m0/s1. The molecule has 0 aromatic rings. The fourth-order valence-corrected chi connectivity index (χ4v) is 10.1. The van der Waals surface area contributed by atoms with E-state index in [0.29, 0.717) is 51.7 Å². The number of phosphoric acid groups is 2. The highest BCUT2D eigenvalue weighted by molar-refractivity contribution is 7.47. The molecule has 2 unspecified atom stereocenters. The number of likely N-dealkylation sites (tertiary alicyclic amines) is 3. The number of rotatable bonds is 19. The van der Waals surface area contributed by atoms with Crippen molar-refractivity contribution < 1.29 is 56.1 Å². The molecule has 3 saturated heterocycles. The van der Waals surface area contributed by atoms with Crippen molar-refractivity contribution in [1.29, 1.82) is 0 Å². The molecule has 4 rings (SSSR count). The van der Waals surface area contributed by atoms with Crippen LogP contribution in [0.1, 0.15) is 131 Å². The molecule has 4 aliphatic rings. The molecule has 1 aliphatic carbocycles. The van der Waals surface area contributed by atoms with Crippen LogP contribution in [0.25, 0.3) is 0 Å². The van der Waals surface area contributed by atoms with Crippen LogP contribution in [0.4, 0.5) is 0 Å².